The number of para-hydroxylation sites is 1. The first kappa shape index (κ1) is 40.8. The smallest absolute Gasteiger partial charge is 0.136 e. The van der Waals surface area contributed by atoms with E-state index in [0.29, 0.717) is 0 Å². The van der Waals surface area contributed by atoms with Crippen LogP contribution in [0, 0.1) is 6.92 Å². The minimum absolute atomic E-state index is 0.0540. The Hall–Kier alpha value is -5.54. The molecule has 7 aromatic rings. The zero-order chi connectivity index (χ0) is 43.4. The summed E-state index contributed by atoms with van der Waals surface area (Å²) in [5.41, 5.74) is 19.6. The minimum Gasteiger partial charge on any atom is -0.462 e. The second-order valence-electron chi connectivity index (χ2n) is 22.0. The van der Waals surface area contributed by atoms with Crippen LogP contribution in [0.1, 0.15) is 135 Å². The molecule has 0 aliphatic heterocycles. The Morgan fingerprint density at radius 3 is 1.74 bits per heavy atom. The standard InChI is InChI=1S/C58H64N2O/c1-37-29-41(34-42(30-37)60(51-36-61-52-24-17-15-20-46(51)52)43-32-38(54(2,3)4)31-39(33-43)55(5,6)7)59(40-25-26-48-49(35-40)57(10,11)28-27-56(48,8)9)50-23-18-21-45-44-19-14-16-22-47(44)58(12,13)53(45)50/h14-26,29-36H,27-28H2,1-13H3. The maximum absolute atomic E-state index is 6.36. The van der Waals surface area contributed by atoms with E-state index in [1.807, 2.05) is 6.26 Å². The molecule has 0 saturated carbocycles. The van der Waals surface area contributed by atoms with E-state index in [1.165, 1.54) is 67.9 Å². The Balaban J connectivity index is 1.34. The van der Waals surface area contributed by atoms with Crippen LogP contribution in [0.25, 0.3) is 22.1 Å². The molecule has 1 heterocycles. The molecule has 3 nitrogen and oxygen atoms in total. The number of anilines is 6. The highest BCUT2D eigenvalue weighted by Crippen LogP contribution is 2.56. The zero-order valence-corrected chi connectivity index (χ0v) is 38.8. The molecule has 0 N–H and O–H groups in total. The summed E-state index contributed by atoms with van der Waals surface area (Å²) in [6.07, 6.45) is 4.29. The summed E-state index contributed by atoms with van der Waals surface area (Å²) < 4.78 is 6.36. The van der Waals surface area contributed by atoms with Gasteiger partial charge >= 0.3 is 0 Å². The van der Waals surface area contributed by atoms with Crippen LogP contribution in [-0.4, -0.2) is 0 Å². The van der Waals surface area contributed by atoms with Crippen molar-refractivity contribution in [2.75, 3.05) is 9.80 Å². The Morgan fingerprint density at radius 2 is 1.07 bits per heavy atom. The van der Waals surface area contributed by atoms with Gasteiger partial charge in [-0.05, 0) is 152 Å². The van der Waals surface area contributed by atoms with Crippen LogP contribution in [0.3, 0.4) is 0 Å². The number of rotatable bonds is 6. The topological polar surface area (TPSA) is 19.6 Å². The molecule has 312 valence electrons. The van der Waals surface area contributed by atoms with Gasteiger partial charge in [0.2, 0.25) is 0 Å². The summed E-state index contributed by atoms with van der Waals surface area (Å²) >= 11 is 0. The molecular weight excluding hydrogens is 741 g/mol. The SMILES string of the molecule is Cc1cc(N(c2ccc3c(c2)C(C)(C)CCC3(C)C)c2cccc3c2C(C)(C)c2ccccc2-3)cc(N(c2cc(C(C)(C)C)cc(C(C)(C)C)c2)c2coc3ccccc23)c1. The Labute approximate surface area is 365 Å². The average molecular weight is 805 g/mol. The Morgan fingerprint density at radius 1 is 0.492 bits per heavy atom. The fourth-order valence-corrected chi connectivity index (χ4v) is 10.3. The molecule has 2 aliphatic rings. The molecule has 0 unspecified atom stereocenters. The molecule has 0 spiro atoms. The second-order valence-corrected chi connectivity index (χ2v) is 22.0. The quantitative estimate of drug-likeness (QED) is 0.167. The van der Waals surface area contributed by atoms with Crippen LogP contribution in [0.5, 0.6) is 0 Å². The van der Waals surface area contributed by atoms with E-state index in [1.54, 1.807) is 0 Å². The van der Waals surface area contributed by atoms with Crippen molar-refractivity contribution < 1.29 is 4.42 Å². The van der Waals surface area contributed by atoms with Crippen LogP contribution >= 0.6 is 0 Å². The van der Waals surface area contributed by atoms with Gasteiger partial charge in [0, 0.05) is 33.6 Å². The lowest BCUT2D eigenvalue weighted by atomic mass is 9.63. The van der Waals surface area contributed by atoms with Gasteiger partial charge in [-0.15, -0.1) is 0 Å². The van der Waals surface area contributed by atoms with Crippen molar-refractivity contribution in [3.63, 3.8) is 0 Å². The number of benzene rings is 6. The fourth-order valence-electron chi connectivity index (χ4n) is 10.3. The van der Waals surface area contributed by atoms with Crippen LogP contribution in [0.4, 0.5) is 34.1 Å². The molecule has 0 saturated heterocycles. The van der Waals surface area contributed by atoms with E-state index in [0.717, 1.165) is 40.1 Å². The lowest BCUT2D eigenvalue weighted by molar-refractivity contribution is 0.332. The van der Waals surface area contributed by atoms with Gasteiger partial charge in [-0.2, -0.15) is 0 Å². The minimum atomic E-state index is -0.207. The third-order valence-electron chi connectivity index (χ3n) is 14.1. The van der Waals surface area contributed by atoms with Crippen LogP contribution < -0.4 is 9.80 Å². The van der Waals surface area contributed by atoms with Crippen molar-refractivity contribution in [2.45, 2.75) is 130 Å². The maximum Gasteiger partial charge on any atom is 0.136 e. The third-order valence-corrected chi connectivity index (χ3v) is 14.1. The largest absolute Gasteiger partial charge is 0.462 e. The molecule has 1 aromatic heterocycles. The van der Waals surface area contributed by atoms with Gasteiger partial charge in [0.1, 0.15) is 11.8 Å². The van der Waals surface area contributed by atoms with Crippen molar-refractivity contribution >= 4 is 45.1 Å². The molecular formula is C58H64N2O. The molecule has 2 aliphatic carbocycles. The summed E-state index contributed by atoms with van der Waals surface area (Å²) in [4.78, 5) is 5.01. The van der Waals surface area contributed by atoms with Crippen molar-refractivity contribution in [1.82, 2.24) is 0 Å². The fraction of sp³-hybridized carbons (Fsp3) is 0.345. The number of nitrogens with zero attached hydrogens (tertiary/aromatic N) is 2. The highest BCUT2D eigenvalue weighted by molar-refractivity contribution is 5.98. The predicted octanol–water partition coefficient (Wildman–Crippen LogP) is 16.9. The van der Waals surface area contributed by atoms with E-state index >= 15 is 0 Å². The molecule has 0 atom stereocenters. The molecule has 6 aromatic carbocycles. The maximum atomic E-state index is 6.36. The van der Waals surface area contributed by atoms with Crippen molar-refractivity contribution in [3.8, 4) is 11.1 Å². The number of aryl methyl sites for hydroxylation is 1. The molecule has 0 radical (unpaired) electrons. The highest BCUT2D eigenvalue weighted by Gasteiger charge is 2.41. The van der Waals surface area contributed by atoms with E-state index in [-0.39, 0.29) is 27.1 Å². The first-order valence-corrected chi connectivity index (χ1v) is 22.4. The van der Waals surface area contributed by atoms with Crippen LogP contribution in [0.2, 0.25) is 0 Å². The zero-order valence-electron chi connectivity index (χ0n) is 38.8. The summed E-state index contributed by atoms with van der Waals surface area (Å²) in [5, 5.41) is 1.08. The molecule has 0 fully saturated rings. The second kappa shape index (κ2) is 14.0. The van der Waals surface area contributed by atoms with Gasteiger partial charge in [-0.3, -0.25) is 0 Å². The molecule has 61 heavy (non-hydrogen) atoms. The molecule has 3 heteroatoms. The van der Waals surface area contributed by atoms with E-state index in [4.69, 9.17) is 4.42 Å². The summed E-state index contributed by atoms with van der Waals surface area (Å²) in [6.45, 7) is 30.7. The van der Waals surface area contributed by atoms with Gasteiger partial charge in [0.05, 0.1) is 11.4 Å². The number of fused-ring (bicyclic) bond motifs is 5. The molecule has 9 rings (SSSR count). The van der Waals surface area contributed by atoms with Gasteiger partial charge in [0.15, 0.2) is 0 Å². The lowest BCUT2D eigenvalue weighted by Crippen LogP contribution is -2.34. The summed E-state index contributed by atoms with van der Waals surface area (Å²) in [7, 11) is 0. The normalized spacial score (nSPS) is 16.2. The van der Waals surface area contributed by atoms with Gasteiger partial charge in [0.25, 0.3) is 0 Å². The van der Waals surface area contributed by atoms with Crippen LogP contribution in [0.15, 0.2) is 132 Å². The van der Waals surface area contributed by atoms with Crippen molar-refractivity contribution in [2.24, 2.45) is 0 Å². The van der Waals surface area contributed by atoms with Gasteiger partial charge in [-0.1, -0.05) is 144 Å². The average Bonchev–Trinajstić information content (AvgIpc) is 3.72. The van der Waals surface area contributed by atoms with E-state index < -0.39 is 0 Å². The Bertz CT molecular complexity index is 2800. The van der Waals surface area contributed by atoms with Crippen molar-refractivity contribution in [1.29, 1.82) is 0 Å². The van der Waals surface area contributed by atoms with Crippen LogP contribution in [-0.2, 0) is 27.1 Å². The van der Waals surface area contributed by atoms with E-state index in [2.05, 4.69) is 221 Å². The van der Waals surface area contributed by atoms with Gasteiger partial charge < -0.3 is 14.2 Å². The Kier molecular flexibility index (Phi) is 9.37. The first-order valence-electron chi connectivity index (χ1n) is 22.4. The first-order chi connectivity index (χ1) is 28.6. The summed E-state index contributed by atoms with van der Waals surface area (Å²) in [6, 6.07) is 46.1. The van der Waals surface area contributed by atoms with Gasteiger partial charge in [-0.25, -0.2) is 0 Å². The third kappa shape index (κ3) is 6.89. The monoisotopic (exact) mass is 805 g/mol. The number of hydrogen-bond donors (Lipinski definition) is 0. The summed E-state index contributed by atoms with van der Waals surface area (Å²) in [5.74, 6) is 0. The van der Waals surface area contributed by atoms with E-state index in [9.17, 15) is 0 Å². The lowest BCUT2D eigenvalue weighted by Gasteiger charge is -2.42. The number of furan rings is 1. The van der Waals surface area contributed by atoms with Crippen molar-refractivity contribution in [3.05, 3.63) is 167 Å². The number of hydrogen-bond acceptors (Lipinski definition) is 3. The predicted molar refractivity (Wildman–Crippen MR) is 261 cm³/mol. The molecule has 0 bridgehead atoms. The molecule has 0 amide bonds. The highest BCUT2D eigenvalue weighted by atomic mass is 16.3.